The Kier molecular flexibility index (Phi) is 4.93. The van der Waals surface area contributed by atoms with E-state index in [0.717, 1.165) is 24.1 Å². The molecule has 0 atom stereocenters. The molecular formula is C15H15F2NS. The van der Waals surface area contributed by atoms with Crippen molar-refractivity contribution in [3.05, 3.63) is 59.7 Å². The first-order chi connectivity index (χ1) is 9.19. The summed E-state index contributed by atoms with van der Waals surface area (Å²) in [6.07, 6.45) is 0. The Labute approximate surface area is 116 Å². The minimum Gasteiger partial charge on any atom is -0.313 e. The maximum atomic E-state index is 13.5. The molecule has 1 nitrogen and oxygen atoms in total. The Balaban J connectivity index is 2.06. The van der Waals surface area contributed by atoms with Gasteiger partial charge in [-0.2, -0.15) is 0 Å². The minimum atomic E-state index is -0.553. The third kappa shape index (κ3) is 4.04. The van der Waals surface area contributed by atoms with Crippen LogP contribution in [0.3, 0.4) is 0 Å². The highest BCUT2D eigenvalue weighted by Gasteiger charge is 2.05. The smallest absolute Gasteiger partial charge is 0.140 e. The summed E-state index contributed by atoms with van der Waals surface area (Å²) < 4.78 is 26.3. The topological polar surface area (TPSA) is 12.0 Å². The summed E-state index contributed by atoms with van der Waals surface area (Å²) in [4.78, 5) is 1.37. The van der Waals surface area contributed by atoms with E-state index < -0.39 is 11.6 Å². The van der Waals surface area contributed by atoms with Gasteiger partial charge in [0, 0.05) is 22.4 Å². The van der Waals surface area contributed by atoms with Gasteiger partial charge in [-0.3, -0.25) is 0 Å². The number of nitrogens with one attached hydrogen (secondary N) is 1. The molecule has 0 aliphatic rings. The van der Waals surface area contributed by atoms with Gasteiger partial charge in [0.1, 0.15) is 11.6 Å². The van der Waals surface area contributed by atoms with Crippen molar-refractivity contribution < 1.29 is 8.78 Å². The van der Waals surface area contributed by atoms with Crippen LogP contribution >= 0.6 is 11.8 Å². The van der Waals surface area contributed by atoms with Crippen LogP contribution in [-0.2, 0) is 6.54 Å². The maximum Gasteiger partial charge on any atom is 0.140 e. The van der Waals surface area contributed by atoms with Crippen molar-refractivity contribution in [2.24, 2.45) is 0 Å². The fourth-order valence-electron chi connectivity index (χ4n) is 1.63. The zero-order chi connectivity index (χ0) is 13.7. The Morgan fingerprint density at radius 2 is 1.79 bits per heavy atom. The fourth-order valence-corrected chi connectivity index (χ4v) is 2.45. The van der Waals surface area contributed by atoms with E-state index in [0.29, 0.717) is 4.90 Å². The summed E-state index contributed by atoms with van der Waals surface area (Å²) in [5.41, 5.74) is 1.19. The number of benzene rings is 2. The molecule has 4 heteroatoms. The van der Waals surface area contributed by atoms with Crippen molar-refractivity contribution in [2.45, 2.75) is 23.3 Å². The number of halogens is 2. The monoisotopic (exact) mass is 279 g/mol. The van der Waals surface area contributed by atoms with Gasteiger partial charge in [0.15, 0.2) is 0 Å². The first kappa shape index (κ1) is 14.0. The summed E-state index contributed by atoms with van der Waals surface area (Å²) in [5, 5.41) is 3.24. The second-order valence-corrected chi connectivity index (χ2v) is 5.22. The normalized spacial score (nSPS) is 10.7. The molecule has 0 saturated heterocycles. The Hall–Kier alpha value is -1.39. The highest BCUT2D eigenvalue weighted by atomic mass is 32.2. The third-order valence-electron chi connectivity index (χ3n) is 2.62. The van der Waals surface area contributed by atoms with Gasteiger partial charge in [-0.25, -0.2) is 8.78 Å². The lowest BCUT2D eigenvalue weighted by Crippen LogP contribution is -2.11. The number of hydrogen-bond donors (Lipinski definition) is 1. The van der Waals surface area contributed by atoms with E-state index in [4.69, 9.17) is 0 Å². The van der Waals surface area contributed by atoms with Crippen molar-refractivity contribution in [1.82, 2.24) is 5.32 Å². The van der Waals surface area contributed by atoms with E-state index >= 15 is 0 Å². The average molecular weight is 279 g/mol. The molecule has 0 spiro atoms. The van der Waals surface area contributed by atoms with E-state index in [2.05, 4.69) is 12.2 Å². The van der Waals surface area contributed by atoms with Crippen molar-refractivity contribution in [3.8, 4) is 0 Å². The molecular weight excluding hydrogens is 264 g/mol. The largest absolute Gasteiger partial charge is 0.313 e. The summed E-state index contributed by atoms with van der Waals surface area (Å²) in [6.45, 7) is 3.81. The van der Waals surface area contributed by atoms with Gasteiger partial charge < -0.3 is 5.32 Å². The second-order valence-electron chi connectivity index (χ2n) is 4.10. The van der Waals surface area contributed by atoms with E-state index in [9.17, 15) is 8.78 Å². The number of hydrogen-bond acceptors (Lipinski definition) is 2. The van der Waals surface area contributed by atoms with Crippen LogP contribution in [0.4, 0.5) is 8.78 Å². The maximum absolute atomic E-state index is 13.5. The molecule has 100 valence electrons. The molecule has 0 bridgehead atoms. The molecule has 0 unspecified atom stereocenters. The van der Waals surface area contributed by atoms with Gasteiger partial charge in [0.25, 0.3) is 0 Å². The standard InChI is InChI=1S/C15H15F2NS/c1-2-18-10-11-3-6-13(7-4-11)19-15-8-5-12(16)9-14(15)17/h3-9,18H,2,10H2,1H3. The molecule has 0 aliphatic carbocycles. The van der Waals surface area contributed by atoms with Crippen LogP contribution in [0.1, 0.15) is 12.5 Å². The van der Waals surface area contributed by atoms with E-state index in [1.165, 1.54) is 29.5 Å². The Bertz CT molecular complexity index is 540. The first-order valence-corrected chi connectivity index (χ1v) is 6.93. The predicted octanol–water partition coefficient (Wildman–Crippen LogP) is 4.23. The SMILES string of the molecule is CCNCc1ccc(Sc2ccc(F)cc2F)cc1. The van der Waals surface area contributed by atoms with E-state index in [1.54, 1.807) is 0 Å². The van der Waals surface area contributed by atoms with Crippen molar-refractivity contribution in [2.75, 3.05) is 6.54 Å². The van der Waals surface area contributed by atoms with Crippen molar-refractivity contribution >= 4 is 11.8 Å². The molecule has 0 amide bonds. The molecule has 0 radical (unpaired) electrons. The van der Waals surface area contributed by atoms with Gasteiger partial charge in [0.05, 0.1) is 0 Å². The second kappa shape index (κ2) is 6.68. The van der Waals surface area contributed by atoms with Gasteiger partial charge in [-0.15, -0.1) is 0 Å². The molecule has 0 fully saturated rings. The van der Waals surface area contributed by atoms with Crippen LogP contribution < -0.4 is 5.32 Å². The molecule has 19 heavy (non-hydrogen) atoms. The predicted molar refractivity (Wildman–Crippen MR) is 74.3 cm³/mol. The van der Waals surface area contributed by atoms with E-state index in [-0.39, 0.29) is 0 Å². The summed E-state index contributed by atoms with van der Waals surface area (Å²) in [5.74, 6) is -1.08. The molecule has 2 aromatic carbocycles. The molecule has 1 N–H and O–H groups in total. The lowest BCUT2D eigenvalue weighted by molar-refractivity contribution is 0.565. The van der Waals surface area contributed by atoms with Crippen molar-refractivity contribution in [3.63, 3.8) is 0 Å². The first-order valence-electron chi connectivity index (χ1n) is 6.11. The van der Waals surface area contributed by atoms with Gasteiger partial charge >= 0.3 is 0 Å². The van der Waals surface area contributed by atoms with Gasteiger partial charge in [0.2, 0.25) is 0 Å². The zero-order valence-electron chi connectivity index (χ0n) is 10.6. The van der Waals surface area contributed by atoms with Crippen LogP contribution in [0.2, 0.25) is 0 Å². The van der Waals surface area contributed by atoms with Crippen molar-refractivity contribution in [1.29, 1.82) is 0 Å². The number of rotatable bonds is 5. The molecule has 0 heterocycles. The third-order valence-corrected chi connectivity index (χ3v) is 3.68. The summed E-state index contributed by atoms with van der Waals surface area (Å²) in [6, 6.07) is 11.5. The quantitative estimate of drug-likeness (QED) is 0.879. The zero-order valence-corrected chi connectivity index (χ0v) is 11.4. The van der Waals surface area contributed by atoms with Gasteiger partial charge in [-0.05, 0) is 36.4 Å². The fraction of sp³-hybridized carbons (Fsp3) is 0.200. The van der Waals surface area contributed by atoms with Crippen LogP contribution in [-0.4, -0.2) is 6.54 Å². The molecule has 0 aliphatic heterocycles. The van der Waals surface area contributed by atoms with Crippen LogP contribution in [0, 0.1) is 11.6 Å². The summed E-state index contributed by atoms with van der Waals surface area (Å²) >= 11 is 1.29. The summed E-state index contributed by atoms with van der Waals surface area (Å²) in [7, 11) is 0. The van der Waals surface area contributed by atoms with Crippen LogP contribution in [0.15, 0.2) is 52.3 Å². The van der Waals surface area contributed by atoms with Crippen LogP contribution in [0.5, 0.6) is 0 Å². The highest BCUT2D eigenvalue weighted by molar-refractivity contribution is 7.99. The molecule has 0 aromatic heterocycles. The molecule has 0 saturated carbocycles. The highest BCUT2D eigenvalue weighted by Crippen LogP contribution is 2.30. The van der Waals surface area contributed by atoms with E-state index in [1.807, 2.05) is 24.3 Å². The average Bonchev–Trinajstić information content (AvgIpc) is 2.41. The van der Waals surface area contributed by atoms with Gasteiger partial charge in [-0.1, -0.05) is 30.8 Å². The Morgan fingerprint density at radius 3 is 2.42 bits per heavy atom. The lowest BCUT2D eigenvalue weighted by atomic mass is 10.2. The molecule has 2 rings (SSSR count). The lowest BCUT2D eigenvalue weighted by Gasteiger charge is -2.05. The Morgan fingerprint density at radius 1 is 1.05 bits per heavy atom. The minimum absolute atomic E-state index is 0.431. The molecule has 2 aromatic rings. The van der Waals surface area contributed by atoms with Crippen LogP contribution in [0.25, 0.3) is 0 Å².